The summed E-state index contributed by atoms with van der Waals surface area (Å²) in [6, 6.07) is 3.83. The summed E-state index contributed by atoms with van der Waals surface area (Å²) in [5.41, 5.74) is 1.08. The SMILES string of the molecule is CNCCc1c(OC)ccc2c1OCCO2. The van der Waals surface area contributed by atoms with Gasteiger partial charge in [0.25, 0.3) is 0 Å². The molecule has 88 valence electrons. The molecule has 0 bridgehead atoms. The van der Waals surface area contributed by atoms with Crippen LogP contribution in [0.2, 0.25) is 0 Å². The van der Waals surface area contributed by atoms with E-state index in [1.54, 1.807) is 7.11 Å². The second-order valence-electron chi connectivity index (χ2n) is 3.62. The first kappa shape index (κ1) is 11.1. The molecule has 4 heteroatoms. The molecule has 0 amide bonds. The van der Waals surface area contributed by atoms with Crippen LogP contribution in [0, 0.1) is 0 Å². The molecular formula is C12H17NO3. The molecule has 0 radical (unpaired) electrons. The van der Waals surface area contributed by atoms with Gasteiger partial charge in [-0.15, -0.1) is 0 Å². The van der Waals surface area contributed by atoms with E-state index in [9.17, 15) is 0 Å². The highest BCUT2D eigenvalue weighted by Crippen LogP contribution is 2.39. The summed E-state index contributed by atoms with van der Waals surface area (Å²) in [5, 5.41) is 3.12. The summed E-state index contributed by atoms with van der Waals surface area (Å²) in [7, 11) is 3.60. The van der Waals surface area contributed by atoms with E-state index in [2.05, 4.69) is 5.32 Å². The number of likely N-dealkylation sites (N-methyl/N-ethyl adjacent to an activating group) is 1. The van der Waals surface area contributed by atoms with Crippen LogP contribution < -0.4 is 19.5 Å². The Balaban J connectivity index is 2.35. The summed E-state index contributed by atoms with van der Waals surface area (Å²) in [6.45, 7) is 2.10. The number of nitrogens with one attached hydrogen (secondary N) is 1. The number of rotatable bonds is 4. The number of benzene rings is 1. The molecule has 1 aromatic rings. The average Bonchev–Trinajstić information content (AvgIpc) is 2.35. The molecule has 1 N–H and O–H groups in total. The number of fused-ring (bicyclic) bond motifs is 1. The van der Waals surface area contributed by atoms with Crippen molar-refractivity contribution in [1.82, 2.24) is 5.32 Å². The highest BCUT2D eigenvalue weighted by atomic mass is 16.6. The maximum absolute atomic E-state index is 5.66. The molecule has 1 aliphatic heterocycles. The van der Waals surface area contributed by atoms with Gasteiger partial charge in [-0.1, -0.05) is 0 Å². The van der Waals surface area contributed by atoms with Crippen LogP contribution in [0.15, 0.2) is 12.1 Å². The normalized spacial score (nSPS) is 13.6. The van der Waals surface area contributed by atoms with Gasteiger partial charge in [0.2, 0.25) is 0 Å². The lowest BCUT2D eigenvalue weighted by atomic mass is 10.1. The van der Waals surface area contributed by atoms with Gasteiger partial charge in [-0.05, 0) is 32.1 Å². The van der Waals surface area contributed by atoms with Crippen molar-refractivity contribution in [3.8, 4) is 17.2 Å². The van der Waals surface area contributed by atoms with Crippen LogP contribution in [0.5, 0.6) is 17.2 Å². The minimum absolute atomic E-state index is 0.604. The van der Waals surface area contributed by atoms with E-state index >= 15 is 0 Å². The van der Waals surface area contributed by atoms with E-state index in [-0.39, 0.29) is 0 Å². The van der Waals surface area contributed by atoms with E-state index in [0.717, 1.165) is 35.8 Å². The fourth-order valence-electron chi connectivity index (χ4n) is 1.83. The summed E-state index contributed by atoms with van der Waals surface area (Å²) >= 11 is 0. The molecule has 0 aromatic heterocycles. The molecule has 1 aromatic carbocycles. The van der Waals surface area contributed by atoms with E-state index < -0.39 is 0 Å². The van der Waals surface area contributed by atoms with Crippen LogP contribution in [0.4, 0.5) is 0 Å². The van der Waals surface area contributed by atoms with Gasteiger partial charge in [0.1, 0.15) is 19.0 Å². The molecule has 1 aliphatic rings. The second-order valence-corrected chi connectivity index (χ2v) is 3.62. The van der Waals surface area contributed by atoms with Gasteiger partial charge in [0.05, 0.1) is 7.11 Å². The Morgan fingerprint density at radius 2 is 2.12 bits per heavy atom. The van der Waals surface area contributed by atoms with E-state index in [1.165, 1.54) is 0 Å². The fourth-order valence-corrected chi connectivity index (χ4v) is 1.83. The second kappa shape index (κ2) is 5.07. The van der Waals surface area contributed by atoms with Gasteiger partial charge in [0, 0.05) is 5.56 Å². The summed E-state index contributed by atoms with van der Waals surface area (Å²) in [6.07, 6.45) is 0.867. The molecule has 1 heterocycles. The van der Waals surface area contributed by atoms with Crippen molar-refractivity contribution in [3.63, 3.8) is 0 Å². The Morgan fingerprint density at radius 3 is 2.88 bits per heavy atom. The minimum atomic E-state index is 0.604. The molecule has 0 spiro atoms. The summed E-state index contributed by atoms with van der Waals surface area (Å²) in [5.74, 6) is 2.51. The Kier molecular flexibility index (Phi) is 3.51. The number of ether oxygens (including phenoxy) is 3. The third-order valence-corrected chi connectivity index (χ3v) is 2.61. The van der Waals surface area contributed by atoms with Gasteiger partial charge in [-0.3, -0.25) is 0 Å². The van der Waals surface area contributed by atoms with Crippen molar-refractivity contribution >= 4 is 0 Å². The van der Waals surface area contributed by atoms with Crippen LogP contribution in [0.1, 0.15) is 5.56 Å². The lowest BCUT2D eigenvalue weighted by molar-refractivity contribution is 0.169. The third-order valence-electron chi connectivity index (χ3n) is 2.61. The minimum Gasteiger partial charge on any atom is -0.496 e. The van der Waals surface area contributed by atoms with Gasteiger partial charge in [0.15, 0.2) is 11.5 Å². The van der Waals surface area contributed by atoms with E-state index in [1.807, 2.05) is 19.2 Å². The Morgan fingerprint density at radius 1 is 1.31 bits per heavy atom. The van der Waals surface area contributed by atoms with Crippen molar-refractivity contribution in [2.24, 2.45) is 0 Å². The quantitative estimate of drug-likeness (QED) is 0.833. The zero-order valence-electron chi connectivity index (χ0n) is 9.71. The van der Waals surface area contributed by atoms with Crippen LogP contribution >= 0.6 is 0 Å². The van der Waals surface area contributed by atoms with Crippen LogP contribution in [0.3, 0.4) is 0 Å². The summed E-state index contributed by atoms with van der Waals surface area (Å²) < 4.78 is 16.5. The molecular weight excluding hydrogens is 206 g/mol. The van der Waals surface area contributed by atoms with Gasteiger partial charge >= 0.3 is 0 Å². The molecule has 0 saturated heterocycles. The molecule has 0 atom stereocenters. The van der Waals surface area contributed by atoms with Crippen molar-refractivity contribution in [1.29, 1.82) is 0 Å². The Labute approximate surface area is 95.5 Å². The highest BCUT2D eigenvalue weighted by Gasteiger charge is 2.19. The Hall–Kier alpha value is -1.42. The predicted molar refractivity (Wildman–Crippen MR) is 61.6 cm³/mol. The number of hydrogen-bond donors (Lipinski definition) is 1. The van der Waals surface area contributed by atoms with Crippen LogP contribution in [-0.2, 0) is 6.42 Å². The molecule has 0 aliphatic carbocycles. The zero-order valence-corrected chi connectivity index (χ0v) is 9.71. The maximum atomic E-state index is 5.66. The lowest BCUT2D eigenvalue weighted by Crippen LogP contribution is -2.18. The molecule has 4 nitrogen and oxygen atoms in total. The van der Waals surface area contributed by atoms with Crippen molar-refractivity contribution < 1.29 is 14.2 Å². The van der Waals surface area contributed by atoms with Gasteiger partial charge < -0.3 is 19.5 Å². The van der Waals surface area contributed by atoms with Gasteiger partial charge in [-0.25, -0.2) is 0 Å². The van der Waals surface area contributed by atoms with Gasteiger partial charge in [-0.2, -0.15) is 0 Å². The molecule has 0 unspecified atom stereocenters. The first-order valence-electron chi connectivity index (χ1n) is 5.47. The topological polar surface area (TPSA) is 39.7 Å². The monoisotopic (exact) mass is 223 g/mol. The van der Waals surface area contributed by atoms with Crippen molar-refractivity contribution in [2.75, 3.05) is 33.9 Å². The van der Waals surface area contributed by atoms with Crippen molar-refractivity contribution in [2.45, 2.75) is 6.42 Å². The van der Waals surface area contributed by atoms with E-state index in [0.29, 0.717) is 13.2 Å². The maximum Gasteiger partial charge on any atom is 0.168 e. The highest BCUT2D eigenvalue weighted by molar-refractivity contribution is 5.54. The predicted octanol–water partition coefficient (Wildman–Crippen LogP) is 1.23. The third kappa shape index (κ3) is 2.07. The average molecular weight is 223 g/mol. The van der Waals surface area contributed by atoms with Crippen LogP contribution in [0.25, 0.3) is 0 Å². The first-order chi connectivity index (χ1) is 7.86. The molecule has 0 fully saturated rings. The number of methoxy groups -OCH3 is 1. The lowest BCUT2D eigenvalue weighted by Gasteiger charge is -2.22. The van der Waals surface area contributed by atoms with E-state index in [4.69, 9.17) is 14.2 Å². The van der Waals surface area contributed by atoms with Crippen molar-refractivity contribution in [3.05, 3.63) is 17.7 Å². The molecule has 2 rings (SSSR count). The first-order valence-corrected chi connectivity index (χ1v) is 5.47. The largest absolute Gasteiger partial charge is 0.496 e. The standard InChI is InChI=1S/C12H17NO3/c1-13-6-5-9-10(14-2)3-4-11-12(9)16-8-7-15-11/h3-4,13H,5-8H2,1-2H3. The fraction of sp³-hybridized carbons (Fsp3) is 0.500. The molecule has 16 heavy (non-hydrogen) atoms. The smallest absolute Gasteiger partial charge is 0.168 e. The molecule has 0 saturated carbocycles. The summed E-state index contributed by atoms with van der Waals surface area (Å²) in [4.78, 5) is 0. The zero-order chi connectivity index (χ0) is 11.4. The Bertz CT molecular complexity index is 366. The number of hydrogen-bond acceptors (Lipinski definition) is 4. The van der Waals surface area contributed by atoms with Crippen LogP contribution in [-0.4, -0.2) is 33.9 Å².